The van der Waals surface area contributed by atoms with Crippen molar-refractivity contribution in [2.45, 2.75) is 12.5 Å². The largest absolute Gasteiger partial charge is 0.508 e. The second-order valence-corrected chi connectivity index (χ2v) is 4.96. The normalized spacial score (nSPS) is 11.7. The van der Waals surface area contributed by atoms with Crippen molar-refractivity contribution in [2.75, 3.05) is 0 Å². The second kappa shape index (κ2) is 7.44. The van der Waals surface area contributed by atoms with E-state index in [4.69, 9.17) is 5.21 Å². The zero-order chi connectivity index (χ0) is 17.7. The number of benzene rings is 2. The van der Waals surface area contributed by atoms with Crippen LogP contribution in [0.25, 0.3) is 0 Å². The Morgan fingerprint density at radius 1 is 1.00 bits per heavy atom. The predicted molar refractivity (Wildman–Crippen MR) is 80.7 cm³/mol. The van der Waals surface area contributed by atoms with Crippen LogP contribution in [0.5, 0.6) is 17.2 Å². The number of aromatic hydroxyl groups is 3. The zero-order valence-corrected chi connectivity index (χ0v) is 12.3. The topological polar surface area (TPSA) is 136 Å². The highest BCUT2D eigenvalue weighted by atomic mass is 16.6. The molecule has 0 aromatic heterocycles. The average Bonchev–Trinajstić information content (AvgIpc) is 2.56. The smallest absolute Gasteiger partial charge is 0.345 e. The molecule has 2 aromatic rings. The summed E-state index contributed by atoms with van der Waals surface area (Å²) >= 11 is 0. The maximum Gasteiger partial charge on any atom is 0.345 e. The molecule has 8 heteroatoms. The Labute approximate surface area is 136 Å². The first-order valence-electron chi connectivity index (χ1n) is 6.86. The summed E-state index contributed by atoms with van der Waals surface area (Å²) in [5.74, 6) is -2.96. The quantitative estimate of drug-likeness (QED) is 0.237. The van der Waals surface area contributed by atoms with Crippen LogP contribution >= 0.6 is 0 Å². The third kappa shape index (κ3) is 4.22. The molecular formula is C16H15NO7. The SMILES string of the molecule is O=C(OC(=O)[C@H](Cc1ccc(O)cc1)NO)c1ccc(O)c(O)c1. The summed E-state index contributed by atoms with van der Waals surface area (Å²) in [5, 5.41) is 36.8. The molecule has 0 fully saturated rings. The molecule has 126 valence electrons. The maximum absolute atomic E-state index is 12.0. The van der Waals surface area contributed by atoms with Gasteiger partial charge < -0.3 is 25.3 Å². The first-order chi connectivity index (χ1) is 11.4. The molecule has 0 bridgehead atoms. The number of hydroxylamine groups is 1. The van der Waals surface area contributed by atoms with E-state index in [9.17, 15) is 24.9 Å². The van der Waals surface area contributed by atoms with Crippen molar-refractivity contribution in [1.29, 1.82) is 0 Å². The van der Waals surface area contributed by atoms with Gasteiger partial charge in [-0.05, 0) is 35.9 Å². The summed E-state index contributed by atoms with van der Waals surface area (Å²) in [6.45, 7) is 0. The fourth-order valence-electron chi connectivity index (χ4n) is 1.92. The van der Waals surface area contributed by atoms with E-state index in [1.54, 1.807) is 17.6 Å². The van der Waals surface area contributed by atoms with Crippen molar-refractivity contribution in [3.63, 3.8) is 0 Å². The summed E-state index contributed by atoms with van der Waals surface area (Å²) in [4.78, 5) is 23.8. The molecule has 0 radical (unpaired) electrons. The fraction of sp³-hybridized carbons (Fsp3) is 0.125. The summed E-state index contributed by atoms with van der Waals surface area (Å²) in [6, 6.07) is 7.93. The molecule has 0 heterocycles. The van der Waals surface area contributed by atoms with Gasteiger partial charge in [-0.3, -0.25) is 0 Å². The van der Waals surface area contributed by atoms with Crippen molar-refractivity contribution in [1.82, 2.24) is 5.48 Å². The second-order valence-electron chi connectivity index (χ2n) is 4.96. The zero-order valence-electron chi connectivity index (χ0n) is 12.3. The molecule has 2 rings (SSSR count). The van der Waals surface area contributed by atoms with Gasteiger partial charge in [0.25, 0.3) is 0 Å². The van der Waals surface area contributed by atoms with Crippen molar-refractivity contribution in [2.24, 2.45) is 0 Å². The number of phenols is 3. The van der Waals surface area contributed by atoms with Gasteiger partial charge in [0.2, 0.25) is 0 Å². The minimum atomic E-state index is -1.20. The lowest BCUT2D eigenvalue weighted by Crippen LogP contribution is -2.38. The van der Waals surface area contributed by atoms with Crippen LogP contribution < -0.4 is 5.48 Å². The molecule has 0 saturated carbocycles. The number of rotatable bonds is 5. The van der Waals surface area contributed by atoms with Gasteiger partial charge in [-0.25, -0.2) is 9.59 Å². The number of carbonyl (C=O) groups excluding carboxylic acids is 2. The van der Waals surface area contributed by atoms with Crippen LogP contribution in [0.4, 0.5) is 0 Å². The van der Waals surface area contributed by atoms with Gasteiger partial charge >= 0.3 is 11.9 Å². The molecule has 24 heavy (non-hydrogen) atoms. The average molecular weight is 333 g/mol. The highest BCUT2D eigenvalue weighted by Crippen LogP contribution is 2.25. The standard InChI is InChI=1S/C16H15NO7/c18-11-4-1-9(2-5-11)7-12(17-23)16(22)24-15(21)10-3-6-13(19)14(20)8-10/h1-6,8,12,17-20,23H,7H2/t12-/m0/s1. The van der Waals surface area contributed by atoms with Gasteiger partial charge in [-0.1, -0.05) is 12.1 Å². The number of hydrogen-bond donors (Lipinski definition) is 5. The van der Waals surface area contributed by atoms with Crippen LogP contribution in [-0.2, 0) is 16.0 Å². The highest BCUT2D eigenvalue weighted by molar-refractivity contribution is 5.98. The first kappa shape index (κ1) is 17.3. The number of carbonyl (C=O) groups is 2. The molecule has 1 atom stereocenters. The lowest BCUT2D eigenvalue weighted by atomic mass is 10.1. The van der Waals surface area contributed by atoms with Crippen LogP contribution in [-0.4, -0.2) is 38.5 Å². The third-order valence-electron chi connectivity index (χ3n) is 3.22. The van der Waals surface area contributed by atoms with E-state index in [0.29, 0.717) is 5.56 Å². The molecule has 0 aliphatic rings. The lowest BCUT2D eigenvalue weighted by molar-refractivity contribution is -0.143. The number of hydrogen-bond acceptors (Lipinski definition) is 8. The fourth-order valence-corrected chi connectivity index (χ4v) is 1.92. The Morgan fingerprint density at radius 3 is 2.25 bits per heavy atom. The minimum Gasteiger partial charge on any atom is -0.508 e. The maximum atomic E-state index is 12.0. The van der Waals surface area contributed by atoms with Gasteiger partial charge in [0.05, 0.1) is 5.56 Å². The van der Waals surface area contributed by atoms with Crippen molar-refractivity contribution < 1.29 is 34.9 Å². The van der Waals surface area contributed by atoms with E-state index in [2.05, 4.69) is 4.74 Å². The molecule has 0 aliphatic carbocycles. The Morgan fingerprint density at radius 2 is 1.67 bits per heavy atom. The summed E-state index contributed by atoms with van der Waals surface area (Å²) in [7, 11) is 0. The van der Waals surface area contributed by atoms with E-state index in [1.807, 2.05) is 0 Å². The Hall–Kier alpha value is -3.10. The highest BCUT2D eigenvalue weighted by Gasteiger charge is 2.23. The van der Waals surface area contributed by atoms with Gasteiger partial charge in [0.15, 0.2) is 11.5 Å². The van der Waals surface area contributed by atoms with Crippen LogP contribution in [0.2, 0.25) is 0 Å². The van der Waals surface area contributed by atoms with E-state index >= 15 is 0 Å². The third-order valence-corrected chi connectivity index (χ3v) is 3.22. The van der Waals surface area contributed by atoms with E-state index in [1.165, 1.54) is 18.2 Å². The Kier molecular flexibility index (Phi) is 5.35. The van der Waals surface area contributed by atoms with Crippen molar-refractivity contribution >= 4 is 11.9 Å². The van der Waals surface area contributed by atoms with Crippen LogP contribution in [0.1, 0.15) is 15.9 Å². The summed E-state index contributed by atoms with van der Waals surface area (Å²) in [5.41, 5.74) is 2.24. The predicted octanol–water partition coefficient (Wildman–Crippen LogP) is 1.08. The molecule has 0 aliphatic heterocycles. The monoisotopic (exact) mass is 333 g/mol. The van der Waals surface area contributed by atoms with Gasteiger partial charge in [-0.2, -0.15) is 5.48 Å². The molecule has 5 N–H and O–H groups in total. The van der Waals surface area contributed by atoms with E-state index < -0.39 is 29.5 Å². The first-order valence-corrected chi connectivity index (χ1v) is 6.86. The molecule has 0 spiro atoms. The van der Waals surface area contributed by atoms with Gasteiger partial charge in [-0.15, -0.1) is 0 Å². The number of phenolic OH excluding ortho intramolecular Hbond substituents is 3. The molecule has 8 nitrogen and oxygen atoms in total. The number of nitrogens with one attached hydrogen (secondary N) is 1. The van der Waals surface area contributed by atoms with Crippen LogP contribution in [0.15, 0.2) is 42.5 Å². The van der Waals surface area contributed by atoms with Gasteiger partial charge in [0, 0.05) is 6.42 Å². The van der Waals surface area contributed by atoms with Crippen LogP contribution in [0.3, 0.4) is 0 Å². The lowest BCUT2D eigenvalue weighted by Gasteiger charge is -2.13. The minimum absolute atomic E-state index is 0.0176. The van der Waals surface area contributed by atoms with E-state index in [-0.39, 0.29) is 17.7 Å². The summed E-state index contributed by atoms with van der Waals surface area (Å²) in [6.07, 6.45) is 0.0176. The van der Waals surface area contributed by atoms with Crippen LogP contribution in [0, 0.1) is 0 Å². The number of esters is 2. The van der Waals surface area contributed by atoms with Gasteiger partial charge in [0.1, 0.15) is 11.8 Å². The van der Waals surface area contributed by atoms with E-state index in [0.717, 1.165) is 12.1 Å². The van der Waals surface area contributed by atoms with Crippen molar-refractivity contribution in [3.05, 3.63) is 53.6 Å². The Bertz CT molecular complexity index is 743. The molecule has 0 unspecified atom stereocenters. The molecule has 0 amide bonds. The molecule has 0 saturated heterocycles. The van der Waals surface area contributed by atoms with Crippen molar-refractivity contribution in [3.8, 4) is 17.2 Å². The molecule has 2 aromatic carbocycles. The molecular weight excluding hydrogens is 318 g/mol. The number of ether oxygens (including phenoxy) is 1. The summed E-state index contributed by atoms with van der Waals surface area (Å²) < 4.78 is 4.64. The Balaban J connectivity index is 2.04.